The zero-order valence-corrected chi connectivity index (χ0v) is 15.0. The van der Waals surface area contributed by atoms with Crippen LogP contribution in [-0.2, 0) is 4.74 Å². The number of amides is 1. The fraction of sp³-hybridized carbons (Fsp3) is 0.429. The van der Waals surface area contributed by atoms with Crippen molar-refractivity contribution in [2.45, 2.75) is 13.0 Å². The number of nitrogens with one attached hydrogen (secondary N) is 2. The van der Waals surface area contributed by atoms with Crippen molar-refractivity contribution in [1.82, 2.24) is 10.6 Å². The van der Waals surface area contributed by atoms with Gasteiger partial charge < -0.3 is 21.1 Å². The van der Waals surface area contributed by atoms with E-state index in [-0.39, 0.29) is 48.1 Å². The summed E-state index contributed by atoms with van der Waals surface area (Å²) >= 11 is 0. The van der Waals surface area contributed by atoms with E-state index in [1.165, 1.54) is 18.2 Å². The maximum absolute atomic E-state index is 13.4. The molecule has 0 heterocycles. The fourth-order valence-corrected chi connectivity index (χ4v) is 1.68. The van der Waals surface area contributed by atoms with Crippen molar-refractivity contribution < 1.29 is 13.9 Å². The number of nitrogens with zero attached hydrogens (tertiary/aromatic N) is 1. The number of ether oxygens (including phenoxy) is 1. The number of hydrogen-bond donors (Lipinski definition) is 3. The van der Waals surface area contributed by atoms with Crippen molar-refractivity contribution in [1.29, 1.82) is 0 Å². The maximum Gasteiger partial charge on any atom is 0.254 e. The molecule has 0 aliphatic heterocycles. The Morgan fingerprint density at radius 2 is 2.14 bits per heavy atom. The van der Waals surface area contributed by atoms with Crippen molar-refractivity contribution in [3.05, 3.63) is 35.6 Å². The standard InChI is InChI=1S/C14H21FN4O2.HI/c1-10(9-21-2)19-14(16)18-8-7-17-13(20)11-5-3-4-6-12(11)15;/h3-6,10H,7-9H2,1-2H3,(H,17,20)(H3,16,18,19);1H. The van der Waals surface area contributed by atoms with Gasteiger partial charge in [-0.15, -0.1) is 24.0 Å². The van der Waals surface area contributed by atoms with E-state index in [0.717, 1.165) is 0 Å². The van der Waals surface area contributed by atoms with Crippen LogP contribution in [0.25, 0.3) is 0 Å². The summed E-state index contributed by atoms with van der Waals surface area (Å²) in [7, 11) is 1.60. The third-order valence-corrected chi connectivity index (χ3v) is 2.61. The Hall–Kier alpha value is -1.42. The molecule has 0 saturated heterocycles. The van der Waals surface area contributed by atoms with Gasteiger partial charge in [-0.25, -0.2) is 4.39 Å². The Morgan fingerprint density at radius 1 is 1.45 bits per heavy atom. The predicted molar refractivity (Wildman–Crippen MR) is 95.1 cm³/mol. The molecule has 1 aromatic rings. The molecule has 124 valence electrons. The second kappa shape index (κ2) is 11.2. The van der Waals surface area contributed by atoms with Crippen molar-refractivity contribution >= 4 is 35.8 Å². The number of nitrogens with two attached hydrogens (primary N) is 1. The van der Waals surface area contributed by atoms with Crippen LogP contribution in [0.15, 0.2) is 29.3 Å². The normalized spacial score (nSPS) is 12.2. The molecule has 22 heavy (non-hydrogen) atoms. The maximum atomic E-state index is 13.4. The van der Waals surface area contributed by atoms with Gasteiger partial charge in [0.15, 0.2) is 5.96 Å². The average Bonchev–Trinajstić information content (AvgIpc) is 2.44. The number of hydrogen-bond acceptors (Lipinski definition) is 3. The molecule has 0 saturated carbocycles. The molecule has 0 spiro atoms. The number of benzene rings is 1. The smallest absolute Gasteiger partial charge is 0.254 e. The summed E-state index contributed by atoms with van der Waals surface area (Å²) in [6.45, 7) is 3.00. The van der Waals surface area contributed by atoms with Crippen LogP contribution in [0.5, 0.6) is 0 Å². The molecule has 0 aliphatic rings. The molecule has 1 rings (SSSR count). The number of carbonyl (C=O) groups excluding carboxylic acids is 1. The molecule has 8 heteroatoms. The third-order valence-electron chi connectivity index (χ3n) is 2.61. The molecule has 1 amide bonds. The zero-order chi connectivity index (χ0) is 15.7. The summed E-state index contributed by atoms with van der Waals surface area (Å²) in [4.78, 5) is 15.8. The van der Waals surface area contributed by atoms with Gasteiger partial charge >= 0.3 is 0 Å². The first-order chi connectivity index (χ1) is 10.0. The number of rotatable bonds is 7. The minimum atomic E-state index is -0.548. The highest BCUT2D eigenvalue weighted by Crippen LogP contribution is 2.05. The Bertz CT molecular complexity index is 499. The Balaban J connectivity index is 0.00000441. The molecule has 0 bridgehead atoms. The minimum Gasteiger partial charge on any atom is -0.383 e. The highest BCUT2D eigenvalue weighted by atomic mass is 127. The third kappa shape index (κ3) is 7.55. The summed E-state index contributed by atoms with van der Waals surface area (Å²) in [5.41, 5.74) is 5.68. The van der Waals surface area contributed by atoms with E-state index in [2.05, 4.69) is 15.6 Å². The Labute approximate surface area is 146 Å². The van der Waals surface area contributed by atoms with Gasteiger partial charge in [0.25, 0.3) is 5.91 Å². The molecule has 1 aromatic carbocycles. The summed E-state index contributed by atoms with van der Waals surface area (Å²) in [6, 6.07) is 5.86. The monoisotopic (exact) mass is 424 g/mol. The number of halogens is 2. The molecule has 1 unspecified atom stereocenters. The van der Waals surface area contributed by atoms with E-state index in [4.69, 9.17) is 10.5 Å². The lowest BCUT2D eigenvalue weighted by molar-refractivity contribution is 0.0951. The average molecular weight is 424 g/mol. The van der Waals surface area contributed by atoms with Crippen LogP contribution in [0.4, 0.5) is 4.39 Å². The topological polar surface area (TPSA) is 88.7 Å². The fourth-order valence-electron chi connectivity index (χ4n) is 1.68. The van der Waals surface area contributed by atoms with Crippen LogP contribution in [0, 0.1) is 5.82 Å². The predicted octanol–water partition coefficient (Wildman–Crippen LogP) is 1.11. The van der Waals surface area contributed by atoms with Crippen LogP contribution in [-0.4, -0.2) is 44.7 Å². The number of aliphatic imine (C=N–C) groups is 1. The minimum absolute atomic E-state index is 0. The first-order valence-electron chi connectivity index (χ1n) is 6.62. The van der Waals surface area contributed by atoms with E-state index >= 15 is 0 Å². The lowest BCUT2D eigenvalue weighted by atomic mass is 10.2. The van der Waals surface area contributed by atoms with Gasteiger partial charge in [-0.1, -0.05) is 12.1 Å². The number of methoxy groups -OCH3 is 1. The zero-order valence-electron chi connectivity index (χ0n) is 12.6. The molecule has 0 fully saturated rings. The summed E-state index contributed by atoms with van der Waals surface area (Å²) < 4.78 is 18.3. The molecule has 1 atom stereocenters. The van der Waals surface area contributed by atoms with Crippen molar-refractivity contribution in [3.63, 3.8) is 0 Å². The quantitative estimate of drug-likeness (QED) is 0.265. The molecule has 6 nitrogen and oxygen atoms in total. The largest absolute Gasteiger partial charge is 0.383 e. The summed E-state index contributed by atoms with van der Waals surface area (Å²) in [5, 5.41) is 5.52. The molecular weight excluding hydrogens is 402 g/mol. The first kappa shape index (κ1) is 20.6. The van der Waals surface area contributed by atoms with Gasteiger partial charge in [-0.2, -0.15) is 0 Å². The first-order valence-corrected chi connectivity index (χ1v) is 6.62. The van der Waals surface area contributed by atoms with Crippen LogP contribution in [0.1, 0.15) is 17.3 Å². The second-order valence-corrected chi connectivity index (χ2v) is 4.50. The molecule has 0 aromatic heterocycles. The Kier molecular flexibility index (Phi) is 10.5. The lowest BCUT2D eigenvalue weighted by Gasteiger charge is -2.13. The van der Waals surface area contributed by atoms with Gasteiger partial charge in [0.2, 0.25) is 0 Å². The molecule has 0 aliphatic carbocycles. The van der Waals surface area contributed by atoms with E-state index < -0.39 is 11.7 Å². The van der Waals surface area contributed by atoms with Gasteiger partial charge in [-0.05, 0) is 19.1 Å². The van der Waals surface area contributed by atoms with Crippen molar-refractivity contribution in [3.8, 4) is 0 Å². The SMILES string of the molecule is COCC(C)NC(N)=NCCNC(=O)c1ccccc1F.I. The van der Waals surface area contributed by atoms with Crippen molar-refractivity contribution in [2.24, 2.45) is 10.7 Å². The van der Waals surface area contributed by atoms with Crippen molar-refractivity contribution in [2.75, 3.05) is 26.8 Å². The Morgan fingerprint density at radius 3 is 2.77 bits per heavy atom. The summed E-state index contributed by atoms with van der Waals surface area (Å²) in [6.07, 6.45) is 0. The van der Waals surface area contributed by atoms with Crippen LogP contribution >= 0.6 is 24.0 Å². The molecular formula is C14H22FIN4O2. The number of guanidine groups is 1. The van der Waals surface area contributed by atoms with Crippen LogP contribution in [0.2, 0.25) is 0 Å². The van der Waals surface area contributed by atoms with Gasteiger partial charge in [0.05, 0.1) is 18.7 Å². The van der Waals surface area contributed by atoms with E-state index in [9.17, 15) is 9.18 Å². The number of carbonyl (C=O) groups is 1. The van der Waals surface area contributed by atoms with E-state index in [0.29, 0.717) is 13.2 Å². The van der Waals surface area contributed by atoms with Gasteiger partial charge in [0, 0.05) is 19.7 Å². The highest BCUT2D eigenvalue weighted by Gasteiger charge is 2.09. The molecule has 0 radical (unpaired) electrons. The second-order valence-electron chi connectivity index (χ2n) is 4.50. The molecule has 4 N–H and O–H groups in total. The van der Waals surface area contributed by atoms with E-state index in [1.807, 2.05) is 6.92 Å². The van der Waals surface area contributed by atoms with Gasteiger partial charge in [-0.3, -0.25) is 9.79 Å². The summed E-state index contributed by atoms with van der Waals surface area (Å²) in [5.74, 6) is -0.740. The van der Waals surface area contributed by atoms with Crippen LogP contribution in [0.3, 0.4) is 0 Å². The lowest BCUT2D eigenvalue weighted by Crippen LogP contribution is -2.41. The van der Waals surface area contributed by atoms with Crippen LogP contribution < -0.4 is 16.4 Å². The van der Waals surface area contributed by atoms with E-state index in [1.54, 1.807) is 13.2 Å². The highest BCUT2D eigenvalue weighted by molar-refractivity contribution is 14.0. The van der Waals surface area contributed by atoms with Gasteiger partial charge in [0.1, 0.15) is 5.82 Å².